The molecule has 0 aliphatic heterocycles. The van der Waals surface area contributed by atoms with E-state index >= 15 is 0 Å². The Balaban J connectivity index is 1.88. The van der Waals surface area contributed by atoms with E-state index < -0.39 is 17.6 Å². The lowest BCUT2D eigenvalue weighted by Gasteiger charge is -2.31. The summed E-state index contributed by atoms with van der Waals surface area (Å²) >= 11 is 0. The van der Waals surface area contributed by atoms with E-state index in [-0.39, 0.29) is 11.8 Å². The van der Waals surface area contributed by atoms with Crippen molar-refractivity contribution in [3.05, 3.63) is 12.7 Å². The summed E-state index contributed by atoms with van der Waals surface area (Å²) in [5, 5.41) is 11.9. The zero-order valence-corrected chi connectivity index (χ0v) is 13.2. The molecule has 2 aliphatic carbocycles. The van der Waals surface area contributed by atoms with Gasteiger partial charge in [0, 0.05) is 5.41 Å². The predicted octanol–water partition coefficient (Wildman–Crippen LogP) is 3.64. The molecule has 0 bridgehead atoms. The van der Waals surface area contributed by atoms with Crippen molar-refractivity contribution >= 4 is 12.1 Å². The Kier molecular flexibility index (Phi) is 5.48. The van der Waals surface area contributed by atoms with Crippen molar-refractivity contribution in [2.24, 2.45) is 5.41 Å². The fourth-order valence-corrected chi connectivity index (χ4v) is 4.00. The minimum absolute atomic E-state index is 0.0279. The molecule has 0 radical (unpaired) electrons. The maximum atomic E-state index is 12.1. The highest BCUT2D eigenvalue weighted by molar-refractivity contribution is 5.72. The summed E-state index contributed by atoms with van der Waals surface area (Å²) in [4.78, 5) is 23.2. The number of carbonyl (C=O) groups is 2. The van der Waals surface area contributed by atoms with Crippen molar-refractivity contribution < 1.29 is 19.4 Å². The number of carboxylic acids is 1. The second kappa shape index (κ2) is 7.16. The van der Waals surface area contributed by atoms with Gasteiger partial charge in [0.25, 0.3) is 0 Å². The summed E-state index contributed by atoms with van der Waals surface area (Å²) in [5.74, 6) is -0.874. The van der Waals surface area contributed by atoms with Crippen LogP contribution in [0.25, 0.3) is 0 Å². The van der Waals surface area contributed by atoms with E-state index in [0.717, 1.165) is 32.1 Å². The Morgan fingerprint density at radius 3 is 2.27 bits per heavy atom. The van der Waals surface area contributed by atoms with E-state index in [1.807, 2.05) is 6.08 Å². The van der Waals surface area contributed by atoms with Crippen molar-refractivity contribution in [1.29, 1.82) is 0 Å². The Labute approximate surface area is 132 Å². The number of hydrogen-bond acceptors (Lipinski definition) is 3. The third-order valence-electron chi connectivity index (χ3n) is 5.17. The topological polar surface area (TPSA) is 75.6 Å². The summed E-state index contributed by atoms with van der Waals surface area (Å²) in [6, 6.07) is 0. The van der Waals surface area contributed by atoms with Gasteiger partial charge in [0.2, 0.25) is 0 Å². The van der Waals surface area contributed by atoms with E-state index in [1.165, 1.54) is 12.8 Å². The van der Waals surface area contributed by atoms with Crippen LogP contribution in [0.15, 0.2) is 12.7 Å². The smallest absolute Gasteiger partial charge is 0.407 e. The van der Waals surface area contributed by atoms with Crippen LogP contribution in [0.3, 0.4) is 0 Å². The van der Waals surface area contributed by atoms with Crippen LogP contribution in [0.5, 0.6) is 0 Å². The summed E-state index contributed by atoms with van der Waals surface area (Å²) in [5.41, 5.74) is -0.584. The molecule has 2 N–H and O–H groups in total. The average Bonchev–Trinajstić information content (AvgIpc) is 3.07. The van der Waals surface area contributed by atoms with Crippen LogP contribution in [0.1, 0.15) is 64.2 Å². The zero-order chi connectivity index (χ0) is 16.1. The Morgan fingerprint density at radius 2 is 1.73 bits per heavy atom. The lowest BCUT2D eigenvalue weighted by molar-refractivity contribution is -0.138. The fraction of sp³-hybridized carbons (Fsp3) is 0.765. The molecule has 0 atom stereocenters. The van der Waals surface area contributed by atoms with Crippen LogP contribution < -0.4 is 5.32 Å². The van der Waals surface area contributed by atoms with Crippen LogP contribution >= 0.6 is 0 Å². The average molecular weight is 309 g/mol. The first-order chi connectivity index (χ1) is 10.5. The molecule has 0 spiro atoms. The highest BCUT2D eigenvalue weighted by Crippen LogP contribution is 2.41. The quantitative estimate of drug-likeness (QED) is 0.704. The molecule has 5 nitrogen and oxygen atoms in total. The molecule has 2 rings (SSSR count). The van der Waals surface area contributed by atoms with Crippen molar-refractivity contribution in [2.45, 2.75) is 69.7 Å². The van der Waals surface area contributed by atoms with E-state index in [1.54, 1.807) is 0 Å². The number of carboxylic acid groups (broad SMARTS) is 1. The number of amides is 1. The van der Waals surface area contributed by atoms with Gasteiger partial charge in [-0.3, -0.25) is 4.79 Å². The van der Waals surface area contributed by atoms with Crippen molar-refractivity contribution in [3.8, 4) is 0 Å². The van der Waals surface area contributed by atoms with Gasteiger partial charge < -0.3 is 15.2 Å². The molecular formula is C17H27NO4. The molecular weight excluding hydrogens is 282 g/mol. The lowest BCUT2D eigenvalue weighted by atomic mass is 9.84. The molecule has 124 valence electrons. The summed E-state index contributed by atoms with van der Waals surface area (Å²) in [6.07, 6.45) is 10.1. The molecule has 5 heteroatoms. The normalized spacial score (nSPS) is 22.2. The second-order valence-corrected chi connectivity index (χ2v) is 6.96. The van der Waals surface area contributed by atoms with Crippen LogP contribution in [-0.2, 0) is 9.53 Å². The standard InChI is InChI=1S/C17H27NO4/c1-2-7-16(8-3-4-9-16)13-22-15(21)18-17(12-14(19)20)10-5-6-11-17/h2H,1,3-13H2,(H,18,21)(H,19,20). The monoisotopic (exact) mass is 309 g/mol. The highest BCUT2D eigenvalue weighted by atomic mass is 16.5. The van der Waals surface area contributed by atoms with Gasteiger partial charge in [-0.15, -0.1) is 6.58 Å². The first-order valence-corrected chi connectivity index (χ1v) is 8.27. The Hall–Kier alpha value is -1.52. The van der Waals surface area contributed by atoms with Gasteiger partial charge >= 0.3 is 12.1 Å². The molecule has 2 saturated carbocycles. The summed E-state index contributed by atoms with van der Waals surface area (Å²) in [7, 11) is 0. The molecule has 22 heavy (non-hydrogen) atoms. The number of alkyl carbamates (subject to hydrolysis) is 1. The molecule has 2 aliphatic rings. The molecule has 0 unspecified atom stereocenters. The van der Waals surface area contributed by atoms with Crippen LogP contribution in [0, 0.1) is 5.41 Å². The largest absolute Gasteiger partial charge is 0.481 e. The molecule has 0 heterocycles. The number of hydrogen-bond donors (Lipinski definition) is 2. The number of allylic oxidation sites excluding steroid dienone is 1. The second-order valence-electron chi connectivity index (χ2n) is 6.96. The summed E-state index contributed by atoms with van der Waals surface area (Å²) in [6.45, 7) is 4.20. The van der Waals surface area contributed by atoms with Crippen LogP contribution in [0.2, 0.25) is 0 Å². The fourth-order valence-electron chi connectivity index (χ4n) is 4.00. The van der Waals surface area contributed by atoms with Crippen LogP contribution in [-0.4, -0.2) is 29.3 Å². The third kappa shape index (κ3) is 4.24. The first-order valence-electron chi connectivity index (χ1n) is 8.27. The van der Waals surface area contributed by atoms with Gasteiger partial charge in [-0.2, -0.15) is 0 Å². The van der Waals surface area contributed by atoms with Crippen LogP contribution in [0.4, 0.5) is 4.79 Å². The molecule has 0 aromatic heterocycles. The highest BCUT2D eigenvalue weighted by Gasteiger charge is 2.39. The third-order valence-corrected chi connectivity index (χ3v) is 5.17. The van der Waals surface area contributed by atoms with E-state index in [4.69, 9.17) is 9.84 Å². The van der Waals surface area contributed by atoms with Crippen molar-refractivity contribution in [3.63, 3.8) is 0 Å². The molecule has 2 fully saturated rings. The number of nitrogens with one attached hydrogen (secondary N) is 1. The molecule has 0 saturated heterocycles. The maximum absolute atomic E-state index is 12.1. The van der Waals surface area contributed by atoms with Gasteiger partial charge in [0.1, 0.15) is 0 Å². The lowest BCUT2D eigenvalue weighted by Crippen LogP contribution is -2.48. The molecule has 0 aromatic carbocycles. The van der Waals surface area contributed by atoms with E-state index in [0.29, 0.717) is 19.4 Å². The Morgan fingerprint density at radius 1 is 1.14 bits per heavy atom. The Bertz CT molecular complexity index is 420. The number of ether oxygens (including phenoxy) is 1. The van der Waals surface area contributed by atoms with Crippen molar-refractivity contribution in [1.82, 2.24) is 5.32 Å². The van der Waals surface area contributed by atoms with Gasteiger partial charge in [-0.1, -0.05) is 31.8 Å². The minimum atomic E-state index is -0.874. The minimum Gasteiger partial charge on any atom is -0.481 e. The van der Waals surface area contributed by atoms with Gasteiger partial charge in [-0.25, -0.2) is 4.79 Å². The molecule has 1 amide bonds. The zero-order valence-electron chi connectivity index (χ0n) is 13.2. The van der Waals surface area contributed by atoms with Gasteiger partial charge in [0.15, 0.2) is 0 Å². The van der Waals surface area contributed by atoms with E-state index in [2.05, 4.69) is 11.9 Å². The number of aliphatic carboxylic acids is 1. The summed E-state index contributed by atoms with van der Waals surface area (Å²) < 4.78 is 5.46. The maximum Gasteiger partial charge on any atom is 0.407 e. The van der Waals surface area contributed by atoms with Crippen molar-refractivity contribution in [2.75, 3.05) is 6.61 Å². The predicted molar refractivity (Wildman–Crippen MR) is 83.7 cm³/mol. The SMILES string of the molecule is C=CCC1(COC(=O)NC2(CC(=O)O)CCCC2)CCCC1. The number of carbonyl (C=O) groups excluding carboxylic acids is 1. The number of rotatable bonds is 7. The van der Waals surface area contributed by atoms with E-state index in [9.17, 15) is 9.59 Å². The molecule has 0 aromatic rings. The first kappa shape index (κ1) is 16.8. The van der Waals surface area contributed by atoms with Gasteiger partial charge in [0.05, 0.1) is 18.6 Å². The van der Waals surface area contributed by atoms with Gasteiger partial charge in [-0.05, 0) is 32.1 Å².